The van der Waals surface area contributed by atoms with Crippen LogP contribution in [0, 0.1) is 6.92 Å². The average molecular weight is 462 g/mol. The number of aryl methyl sites for hydroxylation is 1. The third-order valence-electron chi connectivity index (χ3n) is 5.84. The highest BCUT2D eigenvalue weighted by atomic mass is 35.5. The van der Waals surface area contributed by atoms with Gasteiger partial charge in [0.25, 0.3) is 5.91 Å². The molecule has 0 bridgehead atoms. The molecule has 4 N–H and O–H groups in total. The molecule has 1 saturated heterocycles. The van der Waals surface area contributed by atoms with Crippen molar-refractivity contribution in [2.75, 3.05) is 36.4 Å². The number of rotatable bonds is 5. The fraction of sp³-hybridized carbons (Fsp3) is 0.208. The number of amides is 1. The van der Waals surface area contributed by atoms with Crippen molar-refractivity contribution in [3.8, 4) is 5.82 Å². The molecule has 0 radical (unpaired) electrons. The number of nitrogens with one attached hydrogen (secondary N) is 2. The minimum Gasteiger partial charge on any atom is -0.369 e. The highest BCUT2D eigenvalue weighted by Gasteiger charge is 2.17. The third-order valence-corrected chi connectivity index (χ3v) is 6.11. The van der Waals surface area contributed by atoms with E-state index in [4.69, 9.17) is 17.3 Å². The Hall–Kier alpha value is -3.62. The molecule has 0 atom stereocenters. The maximum Gasteiger partial charge on any atom is 0.250 e. The topological polar surface area (TPSA) is 101 Å². The van der Waals surface area contributed by atoms with Crippen LogP contribution in [-0.2, 0) is 0 Å². The van der Waals surface area contributed by atoms with E-state index in [9.17, 15) is 4.79 Å². The normalized spacial score (nSPS) is 13.9. The molecule has 8 nitrogen and oxygen atoms in total. The molecule has 9 heteroatoms. The van der Waals surface area contributed by atoms with Gasteiger partial charge in [0.1, 0.15) is 5.02 Å². The molecule has 0 aliphatic carbocycles. The minimum absolute atomic E-state index is 0.363. The van der Waals surface area contributed by atoms with Crippen LogP contribution in [-0.4, -0.2) is 46.6 Å². The number of hydrogen-bond donors (Lipinski definition) is 3. The lowest BCUT2D eigenvalue weighted by Crippen LogP contribution is -2.43. The van der Waals surface area contributed by atoms with Crippen LogP contribution in [0.1, 0.15) is 15.9 Å². The van der Waals surface area contributed by atoms with Gasteiger partial charge in [-0.25, -0.2) is 4.98 Å². The summed E-state index contributed by atoms with van der Waals surface area (Å²) in [5.41, 5.74) is 10.1. The monoisotopic (exact) mass is 461 g/mol. The Kier molecular flexibility index (Phi) is 5.62. The largest absolute Gasteiger partial charge is 0.369 e. The number of nitrogens with two attached hydrogens (primary N) is 1. The summed E-state index contributed by atoms with van der Waals surface area (Å²) < 4.78 is 1.77. The zero-order valence-corrected chi connectivity index (χ0v) is 18.9. The van der Waals surface area contributed by atoms with Crippen LogP contribution >= 0.6 is 11.6 Å². The van der Waals surface area contributed by atoms with Gasteiger partial charge < -0.3 is 21.3 Å². The summed E-state index contributed by atoms with van der Waals surface area (Å²) in [4.78, 5) is 23.3. The van der Waals surface area contributed by atoms with Crippen molar-refractivity contribution in [1.82, 2.24) is 19.9 Å². The second-order valence-electron chi connectivity index (χ2n) is 8.02. The van der Waals surface area contributed by atoms with Crippen LogP contribution in [0.15, 0.2) is 54.9 Å². The van der Waals surface area contributed by atoms with Gasteiger partial charge in [-0.15, -0.1) is 0 Å². The molecule has 1 fully saturated rings. The minimum atomic E-state index is -0.506. The van der Waals surface area contributed by atoms with Gasteiger partial charge in [0.2, 0.25) is 5.95 Å². The van der Waals surface area contributed by atoms with Gasteiger partial charge in [0, 0.05) is 49.1 Å². The lowest BCUT2D eigenvalue weighted by molar-refractivity contribution is 0.100. The summed E-state index contributed by atoms with van der Waals surface area (Å²) in [6, 6.07) is 13.7. The van der Waals surface area contributed by atoms with E-state index >= 15 is 0 Å². The first kappa shape index (κ1) is 21.2. The van der Waals surface area contributed by atoms with Crippen molar-refractivity contribution in [2.45, 2.75) is 6.92 Å². The number of para-hydroxylation sites is 1. The first-order chi connectivity index (χ1) is 16.0. The van der Waals surface area contributed by atoms with E-state index in [2.05, 4.69) is 44.6 Å². The Morgan fingerprint density at radius 1 is 1.18 bits per heavy atom. The second kappa shape index (κ2) is 8.73. The smallest absolute Gasteiger partial charge is 0.250 e. The first-order valence-corrected chi connectivity index (χ1v) is 11.2. The van der Waals surface area contributed by atoms with Crippen molar-refractivity contribution in [3.05, 3.63) is 71.0 Å². The van der Waals surface area contributed by atoms with Crippen LogP contribution in [0.25, 0.3) is 16.7 Å². The second-order valence-corrected chi connectivity index (χ2v) is 8.43. The van der Waals surface area contributed by atoms with E-state index in [1.165, 1.54) is 11.3 Å². The van der Waals surface area contributed by atoms with Crippen LogP contribution in [0.4, 0.5) is 17.3 Å². The standard InChI is InChI=1S/C24H24ClN7O/c1-15-12-16(6-7-20(15)31-10-8-27-9-11-31)29-24-28-13-19(25)23(30-24)32-14-18(22(26)33)17-4-2-3-5-21(17)32/h2-7,12-14,27H,8-11H2,1H3,(H2,26,33)(H,28,29,30). The lowest BCUT2D eigenvalue weighted by Gasteiger charge is -2.30. The van der Waals surface area contributed by atoms with Crippen molar-refractivity contribution in [1.29, 1.82) is 0 Å². The average Bonchev–Trinajstić information content (AvgIpc) is 3.21. The molecule has 5 rings (SSSR count). The highest BCUT2D eigenvalue weighted by molar-refractivity contribution is 6.32. The molecule has 33 heavy (non-hydrogen) atoms. The van der Waals surface area contributed by atoms with E-state index in [0.29, 0.717) is 22.4 Å². The SMILES string of the molecule is Cc1cc(Nc2ncc(Cl)c(-n3cc(C(N)=O)c4ccccc43)n2)ccc1N1CCNCC1. The van der Waals surface area contributed by atoms with Gasteiger partial charge >= 0.3 is 0 Å². The summed E-state index contributed by atoms with van der Waals surface area (Å²) in [5.74, 6) is 0.364. The van der Waals surface area contributed by atoms with E-state index in [1.807, 2.05) is 30.3 Å². The molecular weight excluding hydrogens is 438 g/mol. The van der Waals surface area contributed by atoms with Gasteiger partial charge in [0.15, 0.2) is 5.82 Å². The number of benzene rings is 2. The number of nitrogens with zero attached hydrogens (tertiary/aromatic N) is 4. The molecule has 3 heterocycles. The number of carbonyl (C=O) groups is 1. The van der Waals surface area contributed by atoms with Crippen LogP contribution in [0.2, 0.25) is 5.02 Å². The zero-order valence-electron chi connectivity index (χ0n) is 18.2. The van der Waals surface area contributed by atoms with Gasteiger partial charge in [0.05, 0.1) is 17.3 Å². The maximum atomic E-state index is 12.0. The highest BCUT2D eigenvalue weighted by Crippen LogP contribution is 2.29. The van der Waals surface area contributed by atoms with Crippen molar-refractivity contribution >= 4 is 45.7 Å². The number of aromatic nitrogens is 3. The van der Waals surface area contributed by atoms with Gasteiger partial charge in [-0.1, -0.05) is 29.8 Å². The van der Waals surface area contributed by atoms with Crippen molar-refractivity contribution in [2.24, 2.45) is 5.73 Å². The predicted molar refractivity (Wildman–Crippen MR) is 132 cm³/mol. The Labute approximate surface area is 196 Å². The molecule has 4 aromatic rings. The van der Waals surface area contributed by atoms with Gasteiger partial charge in [-0.2, -0.15) is 4.98 Å². The van der Waals surface area contributed by atoms with E-state index in [-0.39, 0.29) is 0 Å². The van der Waals surface area contributed by atoms with Gasteiger partial charge in [-0.05, 0) is 36.8 Å². The molecule has 2 aromatic carbocycles. The fourth-order valence-corrected chi connectivity index (χ4v) is 4.44. The Bertz CT molecular complexity index is 1340. The molecule has 0 unspecified atom stereocenters. The van der Waals surface area contributed by atoms with Crippen LogP contribution < -0.4 is 21.3 Å². The van der Waals surface area contributed by atoms with E-state index in [1.54, 1.807) is 17.0 Å². The van der Waals surface area contributed by atoms with E-state index in [0.717, 1.165) is 42.8 Å². The summed E-state index contributed by atoms with van der Waals surface area (Å²) in [5, 5.41) is 7.76. The van der Waals surface area contributed by atoms with Crippen molar-refractivity contribution in [3.63, 3.8) is 0 Å². The Morgan fingerprint density at radius 2 is 1.97 bits per heavy atom. The number of piperazine rings is 1. The molecule has 0 saturated carbocycles. The Morgan fingerprint density at radius 3 is 2.73 bits per heavy atom. The number of anilines is 3. The lowest BCUT2D eigenvalue weighted by atomic mass is 10.1. The Balaban J connectivity index is 1.47. The van der Waals surface area contributed by atoms with Crippen LogP contribution in [0.3, 0.4) is 0 Å². The summed E-state index contributed by atoms with van der Waals surface area (Å²) >= 11 is 6.45. The van der Waals surface area contributed by atoms with Crippen molar-refractivity contribution < 1.29 is 4.79 Å². The quantitative estimate of drug-likeness (QED) is 0.419. The molecule has 168 valence electrons. The van der Waals surface area contributed by atoms with Gasteiger partial charge in [-0.3, -0.25) is 9.36 Å². The fourth-order valence-electron chi connectivity index (χ4n) is 4.26. The summed E-state index contributed by atoms with van der Waals surface area (Å²) in [7, 11) is 0. The molecule has 1 amide bonds. The molecule has 1 aliphatic rings. The number of carbonyl (C=O) groups excluding carboxylic acids is 1. The molecule has 1 aliphatic heterocycles. The number of hydrogen-bond acceptors (Lipinski definition) is 6. The molecule has 0 spiro atoms. The predicted octanol–water partition coefficient (Wildman–Crippen LogP) is 3.63. The number of primary amides is 1. The first-order valence-electron chi connectivity index (χ1n) is 10.8. The van der Waals surface area contributed by atoms with E-state index < -0.39 is 5.91 Å². The number of halogens is 1. The zero-order chi connectivity index (χ0) is 22.9. The number of fused-ring (bicyclic) bond motifs is 1. The summed E-state index contributed by atoms with van der Waals surface area (Å²) in [6.07, 6.45) is 3.21. The molecular formula is C24H24ClN7O. The van der Waals surface area contributed by atoms with Crippen LogP contribution in [0.5, 0.6) is 0 Å². The molecule has 2 aromatic heterocycles. The summed E-state index contributed by atoms with van der Waals surface area (Å²) in [6.45, 7) is 6.08. The third kappa shape index (κ3) is 4.10. The maximum absolute atomic E-state index is 12.0.